The van der Waals surface area contributed by atoms with Crippen LogP contribution in [0.3, 0.4) is 0 Å². The van der Waals surface area contributed by atoms with E-state index < -0.39 is 0 Å². The topological polar surface area (TPSA) is 53.2 Å². The number of aromatic amines is 1. The van der Waals surface area contributed by atoms with E-state index in [1.807, 2.05) is 65.7 Å². The molecule has 0 radical (unpaired) electrons. The Morgan fingerprint density at radius 1 is 0.968 bits per heavy atom. The summed E-state index contributed by atoms with van der Waals surface area (Å²) in [6, 6.07) is 22.2. The zero-order chi connectivity index (χ0) is 21.2. The van der Waals surface area contributed by atoms with Crippen LogP contribution in [0.15, 0.2) is 72.9 Å². The molecule has 0 saturated carbocycles. The van der Waals surface area contributed by atoms with Crippen molar-refractivity contribution in [3.63, 3.8) is 0 Å². The molecule has 1 amide bonds. The van der Waals surface area contributed by atoms with Gasteiger partial charge in [0, 0.05) is 48.1 Å². The molecule has 0 aliphatic carbocycles. The Bertz CT molecular complexity index is 1260. The molecule has 31 heavy (non-hydrogen) atoms. The van der Waals surface area contributed by atoms with Crippen LogP contribution in [-0.4, -0.2) is 34.7 Å². The minimum atomic E-state index is -0.119. The maximum absolute atomic E-state index is 13.2. The highest BCUT2D eigenvalue weighted by atomic mass is 16.2. The summed E-state index contributed by atoms with van der Waals surface area (Å²) >= 11 is 0. The molecule has 2 heterocycles. The van der Waals surface area contributed by atoms with E-state index in [0.29, 0.717) is 19.4 Å². The number of ketones is 1. The number of aryl methyl sites for hydroxylation is 1. The van der Waals surface area contributed by atoms with Gasteiger partial charge in [-0.25, -0.2) is 0 Å². The molecular formula is C27H26N2O2. The maximum Gasteiger partial charge on any atom is 0.222 e. The van der Waals surface area contributed by atoms with Gasteiger partial charge in [-0.2, -0.15) is 0 Å². The number of carbonyl (C=O) groups is 2. The molecule has 1 saturated heterocycles. The number of fused-ring (bicyclic) bond motifs is 2. The first-order chi connectivity index (χ1) is 15.2. The van der Waals surface area contributed by atoms with Gasteiger partial charge in [0.25, 0.3) is 0 Å². The van der Waals surface area contributed by atoms with Crippen molar-refractivity contribution < 1.29 is 9.59 Å². The van der Waals surface area contributed by atoms with E-state index in [-0.39, 0.29) is 17.6 Å². The van der Waals surface area contributed by atoms with Gasteiger partial charge in [-0.05, 0) is 47.7 Å². The molecule has 3 aromatic carbocycles. The summed E-state index contributed by atoms with van der Waals surface area (Å²) < 4.78 is 0. The highest BCUT2D eigenvalue weighted by molar-refractivity contribution is 6.01. The monoisotopic (exact) mass is 410 g/mol. The fourth-order valence-corrected chi connectivity index (χ4v) is 4.73. The lowest BCUT2D eigenvalue weighted by atomic mass is 9.89. The summed E-state index contributed by atoms with van der Waals surface area (Å²) in [5.74, 6) is 0.174. The lowest BCUT2D eigenvalue weighted by Gasteiger charge is -2.32. The van der Waals surface area contributed by atoms with Crippen molar-refractivity contribution in [2.45, 2.75) is 25.7 Å². The molecule has 1 atom stereocenters. The lowest BCUT2D eigenvalue weighted by molar-refractivity contribution is -0.132. The van der Waals surface area contributed by atoms with Crippen LogP contribution in [0.2, 0.25) is 0 Å². The van der Waals surface area contributed by atoms with Gasteiger partial charge in [0.1, 0.15) is 0 Å². The minimum absolute atomic E-state index is 0.119. The van der Waals surface area contributed by atoms with Crippen LogP contribution in [0.5, 0.6) is 0 Å². The molecule has 1 N–H and O–H groups in total. The van der Waals surface area contributed by atoms with Gasteiger partial charge in [-0.1, -0.05) is 54.6 Å². The third kappa shape index (κ3) is 3.98. The predicted molar refractivity (Wildman–Crippen MR) is 124 cm³/mol. The Morgan fingerprint density at radius 3 is 2.68 bits per heavy atom. The van der Waals surface area contributed by atoms with E-state index in [1.165, 1.54) is 10.9 Å². The van der Waals surface area contributed by atoms with Crippen molar-refractivity contribution in [1.29, 1.82) is 0 Å². The molecule has 5 rings (SSSR count). The number of rotatable bonds is 5. The smallest absolute Gasteiger partial charge is 0.222 e. The van der Waals surface area contributed by atoms with E-state index in [9.17, 15) is 9.59 Å². The number of benzene rings is 3. The first-order valence-electron chi connectivity index (χ1n) is 11.0. The van der Waals surface area contributed by atoms with E-state index in [4.69, 9.17) is 0 Å². The average Bonchev–Trinajstić information content (AvgIpc) is 3.25. The molecule has 1 aliphatic heterocycles. The molecule has 1 fully saturated rings. The molecule has 4 heteroatoms. The third-order valence-electron chi connectivity index (χ3n) is 6.46. The number of likely N-dealkylation sites (tertiary alicyclic amines) is 1. The van der Waals surface area contributed by atoms with Crippen molar-refractivity contribution >= 4 is 33.4 Å². The number of hydrogen-bond acceptors (Lipinski definition) is 2. The van der Waals surface area contributed by atoms with Crippen molar-refractivity contribution in [2.75, 3.05) is 13.1 Å². The molecule has 1 aromatic heterocycles. The average molecular weight is 411 g/mol. The van der Waals surface area contributed by atoms with Crippen LogP contribution in [-0.2, 0) is 11.2 Å². The van der Waals surface area contributed by atoms with E-state index in [0.717, 1.165) is 41.2 Å². The van der Waals surface area contributed by atoms with Crippen LogP contribution in [0.25, 0.3) is 21.7 Å². The highest BCUT2D eigenvalue weighted by Crippen LogP contribution is 2.25. The Labute approximate surface area is 181 Å². The second-order valence-corrected chi connectivity index (χ2v) is 8.46. The number of aromatic nitrogens is 1. The summed E-state index contributed by atoms with van der Waals surface area (Å²) in [4.78, 5) is 31.2. The standard InChI is InChI=1S/C27H26N2O2/c30-26(14-13-22-17-28-25-10-4-3-9-24(22)25)29-15-5-8-23(18-29)27(31)21-12-11-19-6-1-2-7-20(19)16-21/h1-4,6-7,9-12,16-17,23,28H,5,8,13-15,18H2/t23-/m1/s1. The summed E-state index contributed by atoms with van der Waals surface area (Å²) in [5, 5.41) is 3.39. The number of H-pyrrole nitrogens is 1. The number of Topliss-reactive ketones (excluding diaryl/α,β-unsaturated/α-hetero) is 1. The zero-order valence-electron chi connectivity index (χ0n) is 17.5. The molecule has 0 spiro atoms. The second kappa shape index (κ2) is 8.38. The molecule has 4 aromatic rings. The van der Waals surface area contributed by atoms with E-state index in [1.54, 1.807) is 0 Å². The highest BCUT2D eigenvalue weighted by Gasteiger charge is 2.29. The second-order valence-electron chi connectivity index (χ2n) is 8.46. The zero-order valence-corrected chi connectivity index (χ0v) is 17.5. The van der Waals surface area contributed by atoms with Gasteiger partial charge in [0.15, 0.2) is 5.78 Å². The molecule has 1 aliphatic rings. The van der Waals surface area contributed by atoms with Crippen molar-refractivity contribution in [2.24, 2.45) is 5.92 Å². The molecule has 0 bridgehead atoms. The van der Waals surface area contributed by atoms with Crippen LogP contribution in [0.1, 0.15) is 35.2 Å². The summed E-state index contributed by atoms with van der Waals surface area (Å²) in [6.07, 6.45) is 4.91. The maximum atomic E-state index is 13.2. The van der Waals surface area contributed by atoms with Crippen LogP contribution >= 0.6 is 0 Å². The SMILES string of the molecule is O=C(c1ccc2ccccc2c1)[C@@H]1CCCN(C(=O)CCc2c[nH]c3ccccc23)C1. The summed E-state index contributed by atoms with van der Waals surface area (Å²) in [6.45, 7) is 1.27. The number of nitrogens with one attached hydrogen (secondary N) is 1. The van der Waals surface area contributed by atoms with Crippen LogP contribution in [0.4, 0.5) is 0 Å². The molecule has 0 unspecified atom stereocenters. The first-order valence-corrected chi connectivity index (χ1v) is 11.0. The molecule has 156 valence electrons. The van der Waals surface area contributed by atoms with Gasteiger partial charge in [0.05, 0.1) is 0 Å². The number of piperidine rings is 1. The predicted octanol–water partition coefficient (Wildman–Crippen LogP) is 5.38. The number of amides is 1. The van der Waals surface area contributed by atoms with Gasteiger partial charge in [0.2, 0.25) is 5.91 Å². The normalized spacial score (nSPS) is 16.6. The number of carbonyl (C=O) groups excluding carboxylic acids is 2. The van der Waals surface area contributed by atoms with Gasteiger partial charge in [-0.15, -0.1) is 0 Å². The third-order valence-corrected chi connectivity index (χ3v) is 6.46. The van der Waals surface area contributed by atoms with E-state index >= 15 is 0 Å². The first kappa shape index (κ1) is 19.6. The fourth-order valence-electron chi connectivity index (χ4n) is 4.73. The number of para-hydroxylation sites is 1. The lowest BCUT2D eigenvalue weighted by Crippen LogP contribution is -2.42. The fraction of sp³-hybridized carbons (Fsp3) is 0.259. The van der Waals surface area contributed by atoms with Crippen molar-refractivity contribution in [3.05, 3.63) is 84.1 Å². The largest absolute Gasteiger partial charge is 0.361 e. The van der Waals surface area contributed by atoms with Crippen molar-refractivity contribution in [3.8, 4) is 0 Å². The van der Waals surface area contributed by atoms with Crippen molar-refractivity contribution in [1.82, 2.24) is 9.88 Å². The minimum Gasteiger partial charge on any atom is -0.361 e. The van der Waals surface area contributed by atoms with Gasteiger partial charge < -0.3 is 9.88 Å². The van der Waals surface area contributed by atoms with E-state index in [2.05, 4.69) is 17.1 Å². The number of nitrogens with zero attached hydrogens (tertiary/aromatic N) is 1. The Morgan fingerprint density at radius 2 is 1.77 bits per heavy atom. The Balaban J connectivity index is 1.24. The van der Waals surface area contributed by atoms with Crippen LogP contribution < -0.4 is 0 Å². The van der Waals surface area contributed by atoms with Crippen LogP contribution in [0, 0.1) is 5.92 Å². The molecular weight excluding hydrogens is 384 g/mol. The quantitative estimate of drug-likeness (QED) is 0.449. The Kier molecular flexibility index (Phi) is 5.29. The van der Waals surface area contributed by atoms with Gasteiger partial charge >= 0.3 is 0 Å². The van der Waals surface area contributed by atoms with Gasteiger partial charge in [-0.3, -0.25) is 9.59 Å². The Hall–Kier alpha value is -3.40. The molecule has 4 nitrogen and oxygen atoms in total. The summed E-state index contributed by atoms with van der Waals surface area (Å²) in [5.41, 5.74) is 3.02. The summed E-state index contributed by atoms with van der Waals surface area (Å²) in [7, 11) is 0. The number of hydrogen-bond donors (Lipinski definition) is 1.